The molecule has 0 radical (unpaired) electrons. The first-order valence-electron chi connectivity index (χ1n) is 6.82. The number of halogens is 1. The highest BCUT2D eigenvalue weighted by Crippen LogP contribution is 2.29. The topological polar surface area (TPSA) is 48.1 Å². The molecule has 22 heavy (non-hydrogen) atoms. The minimum Gasteiger partial charge on any atom is -0.489 e. The van der Waals surface area contributed by atoms with E-state index in [9.17, 15) is 0 Å². The van der Waals surface area contributed by atoms with Crippen molar-refractivity contribution < 1.29 is 4.74 Å². The van der Waals surface area contributed by atoms with Crippen LogP contribution in [-0.2, 0) is 6.61 Å². The zero-order chi connectivity index (χ0) is 15.5. The number of nitrogens with zero attached hydrogens (tertiary/aromatic N) is 1. The van der Waals surface area contributed by atoms with E-state index in [4.69, 9.17) is 10.5 Å². The number of benzene rings is 2. The molecular formula is C17H15BrN2OS. The lowest BCUT2D eigenvalue weighted by Crippen LogP contribution is -1.95. The van der Waals surface area contributed by atoms with Crippen LogP contribution in [0.25, 0.3) is 11.3 Å². The van der Waals surface area contributed by atoms with E-state index in [0.29, 0.717) is 11.7 Å². The van der Waals surface area contributed by atoms with Gasteiger partial charge in [-0.15, -0.1) is 11.3 Å². The first-order valence-corrected chi connectivity index (χ1v) is 8.43. The van der Waals surface area contributed by atoms with Gasteiger partial charge in [-0.05, 0) is 48.9 Å². The average Bonchev–Trinajstić information content (AvgIpc) is 2.86. The van der Waals surface area contributed by atoms with Crippen LogP contribution in [0.2, 0.25) is 0 Å². The highest BCUT2D eigenvalue weighted by Gasteiger charge is 2.08. The van der Waals surface area contributed by atoms with E-state index < -0.39 is 0 Å². The number of hydrogen-bond acceptors (Lipinski definition) is 4. The Labute approximate surface area is 141 Å². The molecule has 2 N–H and O–H groups in total. The lowest BCUT2D eigenvalue weighted by Gasteiger charge is -2.07. The predicted molar refractivity (Wildman–Crippen MR) is 95.2 cm³/mol. The third kappa shape index (κ3) is 3.48. The summed E-state index contributed by atoms with van der Waals surface area (Å²) in [6, 6.07) is 16.1. The second-order valence-electron chi connectivity index (χ2n) is 4.90. The van der Waals surface area contributed by atoms with Crippen LogP contribution in [0.3, 0.4) is 0 Å². The van der Waals surface area contributed by atoms with Crippen molar-refractivity contribution in [3.63, 3.8) is 0 Å². The summed E-state index contributed by atoms with van der Waals surface area (Å²) in [6.45, 7) is 2.58. The molecule has 0 spiro atoms. The number of aryl methyl sites for hydroxylation is 1. The molecule has 0 aliphatic heterocycles. The fourth-order valence-electron chi connectivity index (χ4n) is 2.14. The summed E-state index contributed by atoms with van der Waals surface area (Å²) in [5, 5.41) is 0.600. The molecule has 0 aliphatic rings. The van der Waals surface area contributed by atoms with Gasteiger partial charge in [0.25, 0.3) is 0 Å². The van der Waals surface area contributed by atoms with E-state index in [2.05, 4.69) is 20.9 Å². The average molecular weight is 375 g/mol. The molecule has 0 amide bonds. The number of aromatic nitrogens is 1. The van der Waals surface area contributed by atoms with Crippen molar-refractivity contribution in [3.8, 4) is 17.0 Å². The van der Waals surface area contributed by atoms with Gasteiger partial charge in [-0.2, -0.15) is 0 Å². The molecule has 2 aromatic carbocycles. The Balaban J connectivity index is 1.69. The van der Waals surface area contributed by atoms with Gasteiger partial charge in [-0.1, -0.05) is 28.1 Å². The van der Waals surface area contributed by atoms with E-state index in [-0.39, 0.29) is 0 Å². The Morgan fingerprint density at radius 3 is 2.36 bits per heavy atom. The second kappa shape index (κ2) is 6.50. The minimum atomic E-state index is 0.551. The SMILES string of the molecule is Cc1sc(N)nc1-c1ccc(OCc2ccc(Br)cc2)cc1. The Morgan fingerprint density at radius 2 is 1.77 bits per heavy atom. The van der Waals surface area contributed by atoms with Gasteiger partial charge >= 0.3 is 0 Å². The first-order chi connectivity index (χ1) is 10.6. The highest BCUT2D eigenvalue weighted by atomic mass is 79.9. The van der Waals surface area contributed by atoms with Gasteiger partial charge in [0.05, 0.1) is 5.69 Å². The monoisotopic (exact) mass is 374 g/mol. The van der Waals surface area contributed by atoms with Crippen LogP contribution < -0.4 is 10.5 Å². The number of rotatable bonds is 4. The number of anilines is 1. The summed E-state index contributed by atoms with van der Waals surface area (Å²) in [5.74, 6) is 0.840. The van der Waals surface area contributed by atoms with Gasteiger partial charge in [-0.25, -0.2) is 4.98 Å². The molecule has 0 saturated carbocycles. The molecule has 0 aliphatic carbocycles. The first kappa shape index (κ1) is 15.1. The van der Waals surface area contributed by atoms with Crippen molar-refractivity contribution in [1.82, 2.24) is 4.98 Å². The number of hydrogen-bond donors (Lipinski definition) is 1. The standard InChI is InChI=1S/C17H15BrN2OS/c1-11-16(20-17(19)22-11)13-4-8-15(9-5-13)21-10-12-2-6-14(18)7-3-12/h2-9H,10H2,1H3,(H2,19,20). The van der Waals surface area contributed by atoms with Gasteiger partial charge in [0, 0.05) is 14.9 Å². The third-order valence-corrected chi connectivity index (χ3v) is 4.59. The second-order valence-corrected chi connectivity index (χ2v) is 7.05. The largest absolute Gasteiger partial charge is 0.489 e. The molecule has 3 rings (SSSR count). The van der Waals surface area contributed by atoms with Crippen molar-refractivity contribution in [2.24, 2.45) is 0 Å². The molecule has 0 bridgehead atoms. The lowest BCUT2D eigenvalue weighted by molar-refractivity contribution is 0.306. The molecular weight excluding hydrogens is 360 g/mol. The minimum absolute atomic E-state index is 0.551. The number of ether oxygens (including phenoxy) is 1. The van der Waals surface area contributed by atoms with Gasteiger partial charge in [0.15, 0.2) is 5.13 Å². The van der Waals surface area contributed by atoms with Crippen LogP contribution in [0, 0.1) is 6.92 Å². The predicted octanol–water partition coefficient (Wildman–Crippen LogP) is 5.04. The van der Waals surface area contributed by atoms with Crippen LogP contribution in [-0.4, -0.2) is 4.98 Å². The van der Waals surface area contributed by atoms with Gasteiger partial charge in [-0.3, -0.25) is 0 Å². The Hall–Kier alpha value is -1.85. The fraction of sp³-hybridized carbons (Fsp3) is 0.118. The van der Waals surface area contributed by atoms with Gasteiger partial charge in [0.1, 0.15) is 12.4 Å². The van der Waals surface area contributed by atoms with Crippen LogP contribution in [0.4, 0.5) is 5.13 Å². The maximum absolute atomic E-state index is 5.80. The van der Waals surface area contributed by atoms with Crippen LogP contribution in [0.15, 0.2) is 53.0 Å². The number of nitrogen functional groups attached to an aromatic ring is 1. The zero-order valence-corrected chi connectivity index (χ0v) is 14.4. The van der Waals surface area contributed by atoms with Crippen molar-refractivity contribution >= 4 is 32.4 Å². The van der Waals surface area contributed by atoms with E-state index >= 15 is 0 Å². The summed E-state index contributed by atoms with van der Waals surface area (Å²) in [5.41, 5.74) is 8.89. The highest BCUT2D eigenvalue weighted by molar-refractivity contribution is 9.10. The molecule has 1 aromatic heterocycles. The molecule has 3 aromatic rings. The Kier molecular flexibility index (Phi) is 4.45. The van der Waals surface area contributed by atoms with E-state index in [1.165, 1.54) is 11.3 Å². The third-order valence-electron chi connectivity index (χ3n) is 3.26. The normalized spacial score (nSPS) is 10.6. The number of thiazole rings is 1. The smallest absolute Gasteiger partial charge is 0.180 e. The maximum atomic E-state index is 5.80. The molecule has 5 heteroatoms. The Morgan fingerprint density at radius 1 is 1.09 bits per heavy atom. The van der Waals surface area contributed by atoms with E-state index in [1.807, 2.05) is 55.5 Å². The summed E-state index contributed by atoms with van der Waals surface area (Å²) in [6.07, 6.45) is 0. The molecule has 0 atom stereocenters. The van der Waals surface area contributed by atoms with E-state index in [0.717, 1.165) is 31.9 Å². The zero-order valence-electron chi connectivity index (χ0n) is 12.0. The lowest BCUT2D eigenvalue weighted by atomic mass is 10.1. The van der Waals surface area contributed by atoms with Gasteiger partial charge < -0.3 is 10.5 Å². The molecule has 112 valence electrons. The van der Waals surface area contributed by atoms with Crippen LogP contribution in [0.5, 0.6) is 5.75 Å². The van der Waals surface area contributed by atoms with Crippen molar-refractivity contribution in [3.05, 3.63) is 63.4 Å². The number of nitrogens with two attached hydrogens (primary N) is 1. The van der Waals surface area contributed by atoms with E-state index in [1.54, 1.807) is 0 Å². The molecule has 0 fully saturated rings. The Bertz CT molecular complexity index is 766. The summed E-state index contributed by atoms with van der Waals surface area (Å²) in [4.78, 5) is 5.49. The summed E-state index contributed by atoms with van der Waals surface area (Å²) < 4.78 is 6.87. The molecule has 3 nitrogen and oxygen atoms in total. The maximum Gasteiger partial charge on any atom is 0.180 e. The molecule has 0 unspecified atom stereocenters. The van der Waals surface area contributed by atoms with Crippen LogP contribution in [0.1, 0.15) is 10.4 Å². The van der Waals surface area contributed by atoms with Crippen molar-refractivity contribution in [2.75, 3.05) is 5.73 Å². The van der Waals surface area contributed by atoms with Crippen molar-refractivity contribution in [1.29, 1.82) is 0 Å². The molecule has 1 heterocycles. The quantitative estimate of drug-likeness (QED) is 0.695. The fourth-order valence-corrected chi connectivity index (χ4v) is 3.12. The molecule has 0 saturated heterocycles. The summed E-state index contributed by atoms with van der Waals surface area (Å²) >= 11 is 4.93. The van der Waals surface area contributed by atoms with Crippen LogP contribution >= 0.6 is 27.3 Å². The van der Waals surface area contributed by atoms with Gasteiger partial charge in [0.2, 0.25) is 0 Å². The summed E-state index contributed by atoms with van der Waals surface area (Å²) in [7, 11) is 0. The van der Waals surface area contributed by atoms with Crippen molar-refractivity contribution in [2.45, 2.75) is 13.5 Å².